The number of hydrogen-bond donors (Lipinski definition) is 3. The third-order valence-electron chi connectivity index (χ3n) is 5.62. The maximum atomic E-state index is 13.3. The van der Waals surface area contributed by atoms with Gasteiger partial charge in [-0.15, -0.1) is 0 Å². The average Bonchev–Trinajstić information content (AvgIpc) is 3.34. The lowest BCUT2D eigenvalue weighted by Gasteiger charge is -2.19. The molecule has 180 valence electrons. The highest BCUT2D eigenvalue weighted by Crippen LogP contribution is 2.23. The van der Waals surface area contributed by atoms with Crippen molar-refractivity contribution >= 4 is 45.9 Å². The highest BCUT2D eigenvalue weighted by molar-refractivity contribution is 6.01. The number of benzene rings is 2. The van der Waals surface area contributed by atoms with Crippen LogP contribution in [0.1, 0.15) is 33.6 Å². The van der Waals surface area contributed by atoms with E-state index in [0.717, 1.165) is 17.4 Å². The molecule has 1 aromatic heterocycles. The quantitative estimate of drug-likeness (QED) is 0.326. The fourth-order valence-electron chi connectivity index (χ4n) is 3.95. The number of amides is 3. The summed E-state index contributed by atoms with van der Waals surface area (Å²) in [5.74, 6) is -2.19. The maximum absolute atomic E-state index is 13.3. The molecule has 1 saturated heterocycles. The zero-order valence-corrected chi connectivity index (χ0v) is 18.4. The van der Waals surface area contributed by atoms with E-state index in [1.807, 2.05) is 4.90 Å². The van der Waals surface area contributed by atoms with Crippen LogP contribution in [0.25, 0.3) is 11.0 Å². The van der Waals surface area contributed by atoms with E-state index in [4.69, 9.17) is 11.5 Å². The van der Waals surface area contributed by atoms with Crippen molar-refractivity contribution in [2.45, 2.75) is 19.4 Å². The molecule has 0 aliphatic carbocycles. The number of primary amides is 2. The van der Waals surface area contributed by atoms with Crippen LogP contribution in [0.5, 0.6) is 0 Å². The van der Waals surface area contributed by atoms with Gasteiger partial charge in [-0.3, -0.25) is 33.9 Å². The van der Waals surface area contributed by atoms with Gasteiger partial charge in [0, 0.05) is 42.0 Å². The second kappa shape index (κ2) is 9.21. The van der Waals surface area contributed by atoms with E-state index in [0.29, 0.717) is 18.6 Å². The van der Waals surface area contributed by atoms with Crippen molar-refractivity contribution in [2.75, 3.05) is 23.3 Å². The number of nitro benzene ring substituents is 1. The molecule has 3 amide bonds. The first-order valence-electron chi connectivity index (χ1n) is 10.6. The molecular weight excluding hydrogens is 458 g/mol. The van der Waals surface area contributed by atoms with Gasteiger partial charge >= 0.3 is 0 Å². The van der Waals surface area contributed by atoms with Crippen molar-refractivity contribution in [3.05, 3.63) is 68.0 Å². The highest BCUT2D eigenvalue weighted by Gasteiger charge is 2.22. The van der Waals surface area contributed by atoms with Crippen molar-refractivity contribution in [1.82, 2.24) is 9.55 Å². The van der Waals surface area contributed by atoms with Crippen molar-refractivity contribution in [2.24, 2.45) is 11.5 Å². The number of fused-ring (bicyclic) bond motifs is 1. The molecule has 1 aliphatic rings. The molecule has 0 radical (unpaired) electrons. The van der Waals surface area contributed by atoms with E-state index < -0.39 is 34.7 Å². The zero-order valence-electron chi connectivity index (χ0n) is 18.4. The number of aromatic nitrogens is 2. The first-order valence-corrected chi connectivity index (χ1v) is 10.6. The molecule has 0 bridgehead atoms. The van der Waals surface area contributed by atoms with E-state index in [-0.39, 0.29) is 33.8 Å². The van der Waals surface area contributed by atoms with Crippen LogP contribution < -0.4 is 27.2 Å². The minimum Gasteiger partial charge on any atom is -0.366 e. The van der Waals surface area contributed by atoms with Gasteiger partial charge in [0.05, 0.1) is 16.0 Å². The molecule has 0 unspecified atom stereocenters. The Bertz CT molecular complexity index is 1410. The van der Waals surface area contributed by atoms with Gasteiger partial charge in [0.2, 0.25) is 17.7 Å². The van der Waals surface area contributed by atoms with E-state index in [1.165, 1.54) is 36.4 Å². The molecule has 1 fully saturated rings. The minimum atomic E-state index is -0.831. The van der Waals surface area contributed by atoms with Gasteiger partial charge in [-0.1, -0.05) is 0 Å². The van der Waals surface area contributed by atoms with Gasteiger partial charge in [0.1, 0.15) is 6.54 Å². The summed E-state index contributed by atoms with van der Waals surface area (Å²) in [5, 5.41) is 13.8. The van der Waals surface area contributed by atoms with Gasteiger partial charge in [-0.2, -0.15) is 0 Å². The molecule has 13 nitrogen and oxygen atoms in total. The second-order valence-electron chi connectivity index (χ2n) is 8.03. The Labute approximate surface area is 197 Å². The Kier molecular flexibility index (Phi) is 6.14. The predicted molar refractivity (Wildman–Crippen MR) is 126 cm³/mol. The normalized spacial score (nSPS) is 13.1. The third kappa shape index (κ3) is 4.78. The second-order valence-corrected chi connectivity index (χ2v) is 8.03. The van der Waals surface area contributed by atoms with Gasteiger partial charge in [0.15, 0.2) is 5.82 Å². The standard InChI is InChI=1S/C22H21N7O6/c23-19(31)12-7-13(20(24)32)9-14(8-12)25-18(30)11-28-17-10-15(29(34)35)3-4-16(17)26-21(22(28)33)27-5-1-2-6-27/h3-4,7-10H,1-2,5-6,11H2,(H2,23,31)(H2,24,32)(H,25,30). The summed E-state index contributed by atoms with van der Waals surface area (Å²) < 4.78 is 1.12. The summed E-state index contributed by atoms with van der Waals surface area (Å²) in [6, 6.07) is 7.61. The largest absolute Gasteiger partial charge is 0.366 e. The summed E-state index contributed by atoms with van der Waals surface area (Å²) in [6.45, 7) is 0.748. The number of hydrogen-bond acceptors (Lipinski definition) is 8. The molecule has 4 rings (SSSR count). The molecule has 0 saturated carbocycles. The topological polar surface area (TPSA) is 197 Å². The van der Waals surface area contributed by atoms with Gasteiger partial charge < -0.3 is 21.7 Å². The lowest BCUT2D eigenvalue weighted by atomic mass is 10.1. The first kappa shape index (κ1) is 23.4. The van der Waals surface area contributed by atoms with Crippen molar-refractivity contribution in [1.29, 1.82) is 0 Å². The fourth-order valence-corrected chi connectivity index (χ4v) is 3.95. The molecule has 2 heterocycles. The third-order valence-corrected chi connectivity index (χ3v) is 5.62. The number of rotatable bonds is 7. The first-order chi connectivity index (χ1) is 16.6. The monoisotopic (exact) mass is 479 g/mol. The van der Waals surface area contributed by atoms with Crippen LogP contribution in [0.4, 0.5) is 17.2 Å². The number of nitro groups is 1. The number of nitrogens with two attached hydrogens (primary N) is 2. The number of carbonyl (C=O) groups is 3. The Morgan fingerprint density at radius 3 is 2.23 bits per heavy atom. The molecule has 3 aromatic rings. The predicted octanol–water partition coefficient (Wildman–Crippen LogP) is 0.741. The maximum Gasteiger partial charge on any atom is 0.294 e. The van der Waals surface area contributed by atoms with Gasteiger partial charge in [-0.05, 0) is 37.1 Å². The lowest BCUT2D eigenvalue weighted by Crippen LogP contribution is -2.34. The SMILES string of the molecule is NC(=O)c1cc(NC(=O)Cn2c(=O)c(N3CCCC3)nc3ccc([N+](=O)[O-])cc32)cc(C(N)=O)c1. The fraction of sp³-hybridized carbons (Fsp3) is 0.227. The van der Waals surface area contributed by atoms with Gasteiger partial charge in [-0.25, -0.2) is 4.98 Å². The van der Waals surface area contributed by atoms with E-state index in [2.05, 4.69) is 10.3 Å². The number of nitrogens with zero attached hydrogens (tertiary/aromatic N) is 4. The Hall–Kier alpha value is -4.81. The number of nitrogens with one attached hydrogen (secondary N) is 1. The van der Waals surface area contributed by atoms with Crippen molar-refractivity contribution in [3.63, 3.8) is 0 Å². The van der Waals surface area contributed by atoms with Crippen molar-refractivity contribution < 1.29 is 19.3 Å². The number of carbonyl (C=O) groups excluding carboxylic acids is 3. The average molecular weight is 479 g/mol. The van der Waals surface area contributed by atoms with Crippen LogP contribution in [0.2, 0.25) is 0 Å². The summed E-state index contributed by atoms with van der Waals surface area (Å²) >= 11 is 0. The molecule has 0 spiro atoms. The molecule has 5 N–H and O–H groups in total. The molecule has 35 heavy (non-hydrogen) atoms. The number of non-ortho nitro benzene ring substituents is 1. The Balaban J connectivity index is 1.75. The van der Waals surface area contributed by atoms with Crippen LogP contribution in [0.15, 0.2) is 41.2 Å². The smallest absolute Gasteiger partial charge is 0.294 e. The summed E-state index contributed by atoms with van der Waals surface area (Å²) in [6.07, 6.45) is 1.77. The molecule has 13 heteroatoms. The molecule has 1 aliphatic heterocycles. The van der Waals surface area contributed by atoms with Crippen LogP contribution >= 0.6 is 0 Å². The summed E-state index contributed by atoms with van der Waals surface area (Å²) in [4.78, 5) is 66.3. The summed E-state index contributed by atoms with van der Waals surface area (Å²) in [5.41, 5.74) is 10.1. The van der Waals surface area contributed by atoms with Crippen LogP contribution in [0, 0.1) is 10.1 Å². The molecule has 2 aromatic carbocycles. The van der Waals surface area contributed by atoms with E-state index in [1.54, 1.807) is 0 Å². The molecule has 0 atom stereocenters. The van der Waals surface area contributed by atoms with Gasteiger partial charge in [0.25, 0.3) is 11.2 Å². The van der Waals surface area contributed by atoms with Crippen LogP contribution in [-0.2, 0) is 11.3 Å². The number of anilines is 2. The van der Waals surface area contributed by atoms with E-state index >= 15 is 0 Å². The van der Waals surface area contributed by atoms with Crippen LogP contribution in [-0.4, -0.2) is 45.3 Å². The molecular formula is C22H21N7O6. The lowest BCUT2D eigenvalue weighted by molar-refractivity contribution is -0.384. The summed E-state index contributed by atoms with van der Waals surface area (Å²) in [7, 11) is 0. The Morgan fingerprint density at radius 1 is 1.03 bits per heavy atom. The van der Waals surface area contributed by atoms with E-state index in [9.17, 15) is 29.3 Å². The zero-order chi connectivity index (χ0) is 25.3. The van der Waals surface area contributed by atoms with Crippen molar-refractivity contribution in [3.8, 4) is 0 Å². The highest BCUT2D eigenvalue weighted by atomic mass is 16.6. The minimum absolute atomic E-state index is 0.0462. The van der Waals surface area contributed by atoms with Crippen LogP contribution in [0.3, 0.4) is 0 Å². The Morgan fingerprint density at radius 2 is 1.66 bits per heavy atom.